The number of nitrogens with one attached hydrogen (secondary N) is 1. The minimum absolute atomic E-state index is 0.505. The predicted octanol–water partition coefficient (Wildman–Crippen LogP) is 3.08. The van der Waals surface area contributed by atoms with Gasteiger partial charge in [-0.3, -0.25) is 9.78 Å². The molecule has 0 radical (unpaired) electrons. The molecule has 1 fully saturated rings. The van der Waals surface area contributed by atoms with E-state index in [4.69, 9.17) is 5.11 Å². The van der Waals surface area contributed by atoms with Crippen molar-refractivity contribution in [2.75, 3.05) is 13.1 Å². The number of carboxylic acids is 1. The van der Waals surface area contributed by atoms with Gasteiger partial charge < -0.3 is 15.3 Å². The number of carboxylic acid groups (broad SMARTS) is 1. The number of nitrogens with zero attached hydrogens (tertiary/aromatic N) is 2. The fourth-order valence-electron chi connectivity index (χ4n) is 3.29. The number of aromatic nitrogens is 1. The summed E-state index contributed by atoms with van der Waals surface area (Å²) in [5.74, 6) is -5.35. The SMILES string of the molecule is O=C(O)[C@@H]1CN(C(=O)NC(c2ccccc2)c2ccccn2)C[C@H]1C(F)(F)F. The Morgan fingerprint density at radius 2 is 1.79 bits per heavy atom. The van der Waals surface area contributed by atoms with Gasteiger partial charge in [0.1, 0.15) is 0 Å². The van der Waals surface area contributed by atoms with Crippen molar-refractivity contribution in [3.05, 3.63) is 66.0 Å². The van der Waals surface area contributed by atoms with Crippen LogP contribution in [-0.2, 0) is 4.79 Å². The number of halogens is 3. The summed E-state index contributed by atoms with van der Waals surface area (Å²) in [6.45, 7) is -1.20. The first-order chi connectivity index (χ1) is 13.3. The zero-order valence-corrected chi connectivity index (χ0v) is 14.6. The minimum Gasteiger partial charge on any atom is -0.481 e. The molecule has 1 saturated heterocycles. The zero-order chi connectivity index (χ0) is 20.3. The van der Waals surface area contributed by atoms with Gasteiger partial charge in [0.15, 0.2) is 0 Å². The number of rotatable bonds is 4. The van der Waals surface area contributed by atoms with Crippen molar-refractivity contribution in [3.8, 4) is 0 Å². The molecular weight excluding hydrogens is 375 g/mol. The summed E-state index contributed by atoms with van der Waals surface area (Å²) < 4.78 is 39.5. The normalized spacial score (nSPS) is 20.6. The third-order valence-electron chi connectivity index (χ3n) is 4.73. The Morgan fingerprint density at radius 3 is 2.32 bits per heavy atom. The van der Waals surface area contributed by atoms with Crippen LogP contribution in [0.4, 0.5) is 18.0 Å². The maximum Gasteiger partial charge on any atom is 0.394 e. The maximum atomic E-state index is 13.2. The summed E-state index contributed by atoms with van der Waals surface area (Å²) in [6, 6.07) is 12.6. The van der Waals surface area contributed by atoms with Crippen molar-refractivity contribution >= 4 is 12.0 Å². The monoisotopic (exact) mass is 393 g/mol. The van der Waals surface area contributed by atoms with Crippen molar-refractivity contribution in [2.45, 2.75) is 12.2 Å². The summed E-state index contributed by atoms with van der Waals surface area (Å²) in [5, 5.41) is 11.8. The molecule has 2 N–H and O–H groups in total. The standard InChI is InChI=1S/C19H18F3N3O3/c20-19(21,22)14-11-25(10-13(14)17(26)27)18(28)24-16(12-6-2-1-3-7-12)15-8-4-5-9-23-15/h1-9,13-14,16H,10-11H2,(H,24,28)(H,26,27)/t13-,14-,16?/m1/s1. The Bertz CT molecular complexity index is 791. The Balaban J connectivity index is 1.82. The summed E-state index contributed by atoms with van der Waals surface area (Å²) in [5.41, 5.74) is 1.22. The van der Waals surface area contributed by atoms with E-state index in [0.717, 1.165) is 4.90 Å². The van der Waals surface area contributed by atoms with Crippen LogP contribution in [0.1, 0.15) is 17.3 Å². The van der Waals surface area contributed by atoms with Crippen LogP contribution in [0.3, 0.4) is 0 Å². The molecule has 1 aliphatic heterocycles. The molecule has 0 spiro atoms. The van der Waals surface area contributed by atoms with Gasteiger partial charge in [-0.05, 0) is 17.7 Å². The highest BCUT2D eigenvalue weighted by Gasteiger charge is 2.53. The molecule has 0 bridgehead atoms. The Morgan fingerprint density at radius 1 is 1.11 bits per heavy atom. The van der Waals surface area contributed by atoms with E-state index in [9.17, 15) is 22.8 Å². The maximum absolute atomic E-state index is 13.2. The van der Waals surface area contributed by atoms with Crippen LogP contribution < -0.4 is 5.32 Å². The number of amides is 2. The second kappa shape index (κ2) is 7.87. The van der Waals surface area contributed by atoms with E-state index in [1.807, 2.05) is 0 Å². The molecule has 0 aliphatic carbocycles. The third kappa shape index (κ3) is 4.24. The number of carbonyl (C=O) groups is 2. The molecule has 1 aromatic carbocycles. The van der Waals surface area contributed by atoms with Gasteiger partial charge in [-0.15, -0.1) is 0 Å². The van der Waals surface area contributed by atoms with Crippen molar-refractivity contribution in [1.82, 2.24) is 15.2 Å². The average molecular weight is 393 g/mol. The lowest BCUT2D eigenvalue weighted by Crippen LogP contribution is -2.41. The molecule has 6 nitrogen and oxygen atoms in total. The van der Waals surface area contributed by atoms with Crippen LogP contribution >= 0.6 is 0 Å². The lowest BCUT2D eigenvalue weighted by Gasteiger charge is -2.24. The highest BCUT2D eigenvalue weighted by molar-refractivity contribution is 5.78. The molecule has 2 amide bonds. The van der Waals surface area contributed by atoms with Gasteiger partial charge in [-0.2, -0.15) is 13.2 Å². The van der Waals surface area contributed by atoms with Gasteiger partial charge in [0.05, 0.1) is 23.6 Å². The molecule has 2 heterocycles. The molecule has 1 aromatic heterocycles. The Labute approximate surface area is 159 Å². The van der Waals surface area contributed by atoms with E-state index in [1.165, 1.54) is 0 Å². The van der Waals surface area contributed by atoms with E-state index < -0.39 is 49.1 Å². The number of aliphatic carboxylic acids is 1. The van der Waals surface area contributed by atoms with Gasteiger partial charge in [0.25, 0.3) is 0 Å². The molecule has 0 saturated carbocycles. The molecule has 9 heteroatoms. The lowest BCUT2D eigenvalue weighted by molar-refractivity contribution is -0.187. The number of hydrogen-bond donors (Lipinski definition) is 2. The van der Waals surface area contributed by atoms with Gasteiger partial charge in [0, 0.05) is 19.3 Å². The largest absolute Gasteiger partial charge is 0.481 e. The highest BCUT2D eigenvalue weighted by atomic mass is 19.4. The molecule has 3 rings (SSSR count). The van der Waals surface area contributed by atoms with Crippen molar-refractivity contribution in [3.63, 3.8) is 0 Å². The van der Waals surface area contributed by atoms with Gasteiger partial charge >= 0.3 is 18.2 Å². The first-order valence-corrected chi connectivity index (χ1v) is 8.58. The highest BCUT2D eigenvalue weighted by Crippen LogP contribution is 2.38. The topological polar surface area (TPSA) is 82.5 Å². The van der Waals surface area contributed by atoms with Crippen LogP contribution in [0.15, 0.2) is 54.7 Å². The third-order valence-corrected chi connectivity index (χ3v) is 4.73. The quantitative estimate of drug-likeness (QED) is 0.837. The van der Waals surface area contributed by atoms with Crippen molar-refractivity contribution in [1.29, 1.82) is 0 Å². The number of urea groups is 1. The molecule has 28 heavy (non-hydrogen) atoms. The average Bonchev–Trinajstić information content (AvgIpc) is 3.14. The van der Waals surface area contributed by atoms with Gasteiger partial charge in [0.2, 0.25) is 0 Å². The Hall–Kier alpha value is -3.10. The van der Waals surface area contributed by atoms with E-state index in [0.29, 0.717) is 11.3 Å². The van der Waals surface area contributed by atoms with E-state index in [2.05, 4.69) is 10.3 Å². The van der Waals surface area contributed by atoms with Gasteiger partial charge in [-0.25, -0.2) is 4.79 Å². The van der Waals surface area contributed by atoms with E-state index in [1.54, 1.807) is 54.7 Å². The number of likely N-dealkylation sites (tertiary alicyclic amines) is 1. The Kier molecular flexibility index (Phi) is 5.53. The first-order valence-electron chi connectivity index (χ1n) is 8.58. The second-order valence-corrected chi connectivity index (χ2v) is 6.55. The molecular formula is C19H18F3N3O3. The summed E-state index contributed by atoms with van der Waals surface area (Å²) >= 11 is 0. The summed E-state index contributed by atoms with van der Waals surface area (Å²) in [7, 11) is 0. The summed E-state index contributed by atoms with van der Waals surface area (Å²) in [6.07, 6.45) is -3.15. The minimum atomic E-state index is -4.70. The molecule has 2 aromatic rings. The van der Waals surface area contributed by atoms with Crippen LogP contribution in [0.2, 0.25) is 0 Å². The molecule has 3 atom stereocenters. The fraction of sp³-hybridized carbons (Fsp3) is 0.316. The molecule has 1 unspecified atom stereocenters. The smallest absolute Gasteiger partial charge is 0.394 e. The van der Waals surface area contributed by atoms with Crippen LogP contribution in [0.5, 0.6) is 0 Å². The van der Waals surface area contributed by atoms with Crippen molar-refractivity contribution < 1.29 is 27.9 Å². The van der Waals surface area contributed by atoms with Gasteiger partial charge in [-0.1, -0.05) is 36.4 Å². The van der Waals surface area contributed by atoms with Crippen LogP contribution in [0, 0.1) is 11.8 Å². The molecule has 148 valence electrons. The predicted molar refractivity (Wildman–Crippen MR) is 93.3 cm³/mol. The summed E-state index contributed by atoms with van der Waals surface area (Å²) in [4.78, 5) is 29.0. The van der Waals surface area contributed by atoms with Crippen LogP contribution in [-0.4, -0.2) is 46.3 Å². The second-order valence-electron chi connectivity index (χ2n) is 6.55. The van der Waals surface area contributed by atoms with E-state index in [-0.39, 0.29) is 0 Å². The van der Waals surface area contributed by atoms with E-state index >= 15 is 0 Å². The fourth-order valence-corrected chi connectivity index (χ4v) is 3.29. The lowest BCUT2D eigenvalue weighted by atomic mass is 9.96. The van der Waals surface area contributed by atoms with Crippen molar-refractivity contribution in [2.24, 2.45) is 11.8 Å². The first kappa shape index (κ1) is 19.7. The van der Waals surface area contributed by atoms with Crippen LogP contribution in [0.25, 0.3) is 0 Å². The zero-order valence-electron chi connectivity index (χ0n) is 14.6. The number of benzene rings is 1. The number of carbonyl (C=O) groups excluding carboxylic acids is 1. The number of hydrogen-bond acceptors (Lipinski definition) is 3. The number of pyridine rings is 1. The molecule has 1 aliphatic rings. The number of alkyl halides is 3.